The van der Waals surface area contributed by atoms with Gasteiger partial charge in [0.15, 0.2) is 0 Å². The minimum Gasteiger partial charge on any atom is -0.334 e. The van der Waals surface area contributed by atoms with Crippen LogP contribution in [0.25, 0.3) is 0 Å². The molecule has 0 unspecified atom stereocenters. The highest BCUT2D eigenvalue weighted by Crippen LogP contribution is 2.09. The highest BCUT2D eigenvalue weighted by Gasteiger charge is 2.10. The van der Waals surface area contributed by atoms with Gasteiger partial charge in [-0.05, 0) is 35.9 Å². The summed E-state index contributed by atoms with van der Waals surface area (Å²) in [5, 5.41) is 2.78. The SMILES string of the molecule is CNS(=O)(=O)Cc1ccc(CNC(=O)N(C)Cc2cccc(F)c2)cc1. The molecule has 26 heavy (non-hydrogen) atoms. The Kier molecular flexibility index (Phi) is 6.70. The molecule has 140 valence electrons. The van der Waals surface area contributed by atoms with Crippen LogP contribution in [0.3, 0.4) is 0 Å². The van der Waals surface area contributed by atoms with Crippen LogP contribution in [-0.2, 0) is 28.9 Å². The summed E-state index contributed by atoms with van der Waals surface area (Å²) < 4.78 is 38.5. The van der Waals surface area contributed by atoms with E-state index in [2.05, 4.69) is 10.0 Å². The van der Waals surface area contributed by atoms with Crippen molar-refractivity contribution in [1.82, 2.24) is 14.9 Å². The van der Waals surface area contributed by atoms with Gasteiger partial charge in [-0.2, -0.15) is 0 Å². The van der Waals surface area contributed by atoms with E-state index in [1.807, 2.05) is 0 Å². The zero-order valence-electron chi connectivity index (χ0n) is 14.7. The van der Waals surface area contributed by atoms with E-state index in [0.29, 0.717) is 24.2 Å². The van der Waals surface area contributed by atoms with Crippen LogP contribution < -0.4 is 10.0 Å². The number of benzene rings is 2. The molecule has 6 nitrogen and oxygen atoms in total. The highest BCUT2D eigenvalue weighted by atomic mass is 32.2. The first-order valence-electron chi connectivity index (χ1n) is 8.01. The zero-order valence-corrected chi connectivity index (χ0v) is 15.5. The third-order valence-corrected chi connectivity index (χ3v) is 5.13. The van der Waals surface area contributed by atoms with Crippen LogP contribution >= 0.6 is 0 Å². The molecular formula is C18H22FN3O3S. The number of urea groups is 1. The molecule has 0 aliphatic carbocycles. The normalized spacial score (nSPS) is 11.2. The molecule has 2 N–H and O–H groups in total. The lowest BCUT2D eigenvalue weighted by Gasteiger charge is -2.18. The van der Waals surface area contributed by atoms with Gasteiger partial charge in [0.1, 0.15) is 5.82 Å². The second kappa shape index (κ2) is 8.77. The number of nitrogens with one attached hydrogen (secondary N) is 2. The van der Waals surface area contributed by atoms with Gasteiger partial charge in [0, 0.05) is 20.1 Å². The minimum atomic E-state index is -3.31. The number of carbonyl (C=O) groups excluding carboxylic acids is 1. The fraction of sp³-hybridized carbons (Fsp3) is 0.278. The monoisotopic (exact) mass is 379 g/mol. The number of nitrogens with zero attached hydrogens (tertiary/aromatic N) is 1. The summed E-state index contributed by atoms with van der Waals surface area (Å²) in [7, 11) is -0.303. The third-order valence-electron chi connectivity index (χ3n) is 3.79. The number of amides is 2. The molecule has 0 bridgehead atoms. The number of rotatable bonds is 7. The molecule has 0 spiro atoms. The van der Waals surface area contributed by atoms with Crippen molar-refractivity contribution < 1.29 is 17.6 Å². The molecule has 0 saturated heterocycles. The molecule has 2 aromatic rings. The van der Waals surface area contributed by atoms with Crippen molar-refractivity contribution in [3.63, 3.8) is 0 Å². The van der Waals surface area contributed by atoms with Gasteiger partial charge in [-0.15, -0.1) is 0 Å². The van der Waals surface area contributed by atoms with Crippen molar-refractivity contribution in [2.75, 3.05) is 14.1 Å². The zero-order chi connectivity index (χ0) is 19.2. The summed E-state index contributed by atoms with van der Waals surface area (Å²) in [6, 6.07) is 12.8. The molecule has 0 radical (unpaired) electrons. The standard InChI is InChI=1S/C18H22FN3O3S/c1-20-26(24,25)13-15-8-6-14(7-9-15)11-21-18(23)22(2)12-16-4-3-5-17(19)10-16/h3-10,20H,11-13H2,1-2H3,(H,21,23). The van der Waals surface area contributed by atoms with E-state index in [-0.39, 0.29) is 17.6 Å². The average Bonchev–Trinajstić information content (AvgIpc) is 2.60. The van der Waals surface area contributed by atoms with E-state index in [1.54, 1.807) is 43.4 Å². The molecule has 0 aliphatic heterocycles. The second-order valence-corrected chi connectivity index (χ2v) is 7.85. The van der Waals surface area contributed by atoms with Crippen molar-refractivity contribution in [3.8, 4) is 0 Å². The van der Waals surface area contributed by atoms with E-state index in [1.165, 1.54) is 24.1 Å². The maximum atomic E-state index is 13.2. The molecule has 2 rings (SSSR count). The lowest BCUT2D eigenvalue weighted by atomic mass is 10.1. The lowest BCUT2D eigenvalue weighted by molar-refractivity contribution is 0.206. The van der Waals surface area contributed by atoms with Crippen molar-refractivity contribution in [1.29, 1.82) is 0 Å². The number of carbonyl (C=O) groups is 1. The number of sulfonamides is 1. The lowest BCUT2D eigenvalue weighted by Crippen LogP contribution is -2.36. The predicted molar refractivity (Wildman–Crippen MR) is 98.2 cm³/mol. The van der Waals surface area contributed by atoms with Gasteiger partial charge in [0.05, 0.1) is 5.75 Å². The largest absolute Gasteiger partial charge is 0.334 e. The molecule has 2 aromatic carbocycles. The maximum absolute atomic E-state index is 13.2. The van der Waals surface area contributed by atoms with Gasteiger partial charge in [0.2, 0.25) is 10.0 Å². The summed E-state index contributed by atoms with van der Waals surface area (Å²) in [4.78, 5) is 13.6. The van der Waals surface area contributed by atoms with Crippen molar-refractivity contribution in [3.05, 3.63) is 71.0 Å². The first kappa shape index (κ1) is 19.9. The summed E-state index contributed by atoms with van der Waals surface area (Å²) in [5.74, 6) is -0.427. The molecule has 0 aromatic heterocycles. The number of halogens is 1. The molecule has 2 amide bonds. The van der Waals surface area contributed by atoms with Crippen molar-refractivity contribution in [2.45, 2.75) is 18.8 Å². The van der Waals surface area contributed by atoms with Crippen molar-refractivity contribution >= 4 is 16.1 Å². The van der Waals surface area contributed by atoms with Crippen LogP contribution in [0, 0.1) is 5.82 Å². The van der Waals surface area contributed by atoms with E-state index >= 15 is 0 Å². The van der Waals surface area contributed by atoms with Gasteiger partial charge >= 0.3 is 6.03 Å². The Balaban J connectivity index is 1.86. The minimum absolute atomic E-state index is 0.0908. The molecule has 0 atom stereocenters. The Hall–Kier alpha value is -2.45. The van der Waals surface area contributed by atoms with E-state index in [9.17, 15) is 17.6 Å². The van der Waals surface area contributed by atoms with Crippen LogP contribution in [0.2, 0.25) is 0 Å². The van der Waals surface area contributed by atoms with Gasteiger partial charge < -0.3 is 10.2 Å². The van der Waals surface area contributed by atoms with Gasteiger partial charge in [-0.1, -0.05) is 36.4 Å². The molecular weight excluding hydrogens is 357 g/mol. The van der Waals surface area contributed by atoms with Gasteiger partial charge in [-0.25, -0.2) is 22.3 Å². The fourth-order valence-corrected chi connectivity index (χ4v) is 3.11. The molecule has 8 heteroatoms. The number of hydrogen-bond acceptors (Lipinski definition) is 3. The maximum Gasteiger partial charge on any atom is 0.317 e. The van der Waals surface area contributed by atoms with Gasteiger partial charge in [0.25, 0.3) is 0 Å². The summed E-state index contributed by atoms with van der Waals surface area (Å²) in [6.07, 6.45) is 0. The average molecular weight is 379 g/mol. The molecule has 0 aliphatic rings. The Morgan fingerprint density at radius 1 is 1.08 bits per heavy atom. The van der Waals surface area contributed by atoms with E-state index in [0.717, 1.165) is 5.56 Å². The summed E-state index contributed by atoms with van der Waals surface area (Å²) in [5.41, 5.74) is 2.22. The summed E-state index contributed by atoms with van der Waals surface area (Å²) in [6.45, 7) is 0.607. The van der Waals surface area contributed by atoms with Crippen LogP contribution in [-0.4, -0.2) is 33.4 Å². The first-order chi connectivity index (χ1) is 12.3. The van der Waals surface area contributed by atoms with Gasteiger partial charge in [-0.3, -0.25) is 0 Å². The number of hydrogen-bond donors (Lipinski definition) is 2. The third kappa shape index (κ3) is 6.12. The Labute approximate surface area is 153 Å². The fourth-order valence-electron chi connectivity index (χ4n) is 2.34. The molecule has 0 saturated carbocycles. The summed E-state index contributed by atoms with van der Waals surface area (Å²) >= 11 is 0. The topological polar surface area (TPSA) is 78.5 Å². The highest BCUT2D eigenvalue weighted by molar-refractivity contribution is 7.88. The second-order valence-electron chi connectivity index (χ2n) is 5.92. The molecule has 0 fully saturated rings. The van der Waals surface area contributed by atoms with Crippen molar-refractivity contribution in [2.24, 2.45) is 0 Å². The smallest absolute Gasteiger partial charge is 0.317 e. The quantitative estimate of drug-likeness (QED) is 0.774. The van der Waals surface area contributed by atoms with Crippen LogP contribution in [0.4, 0.5) is 9.18 Å². The Morgan fingerprint density at radius 2 is 1.73 bits per heavy atom. The first-order valence-corrected chi connectivity index (χ1v) is 9.67. The van der Waals surface area contributed by atoms with E-state index < -0.39 is 10.0 Å². The Bertz CT molecular complexity index is 854. The van der Waals surface area contributed by atoms with E-state index in [4.69, 9.17) is 0 Å². The van der Waals surface area contributed by atoms with Crippen LogP contribution in [0.5, 0.6) is 0 Å². The van der Waals surface area contributed by atoms with Crippen LogP contribution in [0.1, 0.15) is 16.7 Å². The predicted octanol–water partition coefficient (Wildman–Crippen LogP) is 2.22. The molecule has 0 heterocycles. The van der Waals surface area contributed by atoms with Crippen LogP contribution in [0.15, 0.2) is 48.5 Å². The Morgan fingerprint density at radius 3 is 2.35 bits per heavy atom.